The van der Waals surface area contributed by atoms with E-state index in [-0.39, 0.29) is 0 Å². The highest BCUT2D eigenvalue weighted by molar-refractivity contribution is 8.00. The molecular formula is C42H26N2S. The number of anilines is 3. The average molecular weight is 591 g/mol. The lowest BCUT2D eigenvalue weighted by Crippen LogP contribution is -2.14. The molecule has 10 rings (SSSR count). The first-order valence-corrected chi connectivity index (χ1v) is 16.2. The Morgan fingerprint density at radius 1 is 0.378 bits per heavy atom. The van der Waals surface area contributed by atoms with Crippen LogP contribution in [0.15, 0.2) is 168 Å². The van der Waals surface area contributed by atoms with Crippen molar-refractivity contribution in [1.29, 1.82) is 0 Å². The number of benzene rings is 8. The lowest BCUT2D eigenvalue weighted by atomic mass is 9.94. The smallest absolute Gasteiger partial charge is 0.0609 e. The lowest BCUT2D eigenvalue weighted by molar-refractivity contribution is 1.16. The molecule has 0 bridgehead atoms. The van der Waals surface area contributed by atoms with E-state index >= 15 is 0 Å². The van der Waals surface area contributed by atoms with Crippen LogP contribution in [0.4, 0.5) is 17.1 Å². The molecule has 0 saturated heterocycles. The third-order valence-electron chi connectivity index (χ3n) is 9.33. The number of fused-ring (bicyclic) bond motifs is 12. The fraction of sp³-hybridized carbons (Fsp3) is 0. The molecule has 0 N–H and O–H groups in total. The van der Waals surface area contributed by atoms with Crippen molar-refractivity contribution in [3.05, 3.63) is 158 Å². The van der Waals surface area contributed by atoms with Gasteiger partial charge < -0.3 is 9.47 Å². The number of hydrogen-bond acceptors (Lipinski definition) is 2. The van der Waals surface area contributed by atoms with Gasteiger partial charge in [0.25, 0.3) is 0 Å². The highest BCUT2D eigenvalue weighted by Gasteiger charge is 2.28. The van der Waals surface area contributed by atoms with E-state index in [9.17, 15) is 0 Å². The summed E-state index contributed by atoms with van der Waals surface area (Å²) in [5.74, 6) is 0. The van der Waals surface area contributed by atoms with Crippen LogP contribution in [0.25, 0.3) is 59.8 Å². The third kappa shape index (κ3) is 3.53. The van der Waals surface area contributed by atoms with E-state index in [0.29, 0.717) is 0 Å². The number of rotatable bonds is 2. The molecule has 3 heteroatoms. The van der Waals surface area contributed by atoms with Crippen molar-refractivity contribution < 1.29 is 0 Å². The van der Waals surface area contributed by atoms with Gasteiger partial charge in [-0.1, -0.05) is 115 Å². The minimum atomic E-state index is 1.17. The van der Waals surface area contributed by atoms with E-state index in [4.69, 9.17) is 0 Å². The van der Waals surface area contributed by atoms with Crippen LogP contribution >= 0.6 is 11.8 Å². The normalized spacial score (nSPS) is 12.8. The molecule has 1 aliphatic heterocycles. The molecule has 2 heterocycles. The van der Waals surface area contributed by atoms with Gasteiger partial charge in [0.1, 0.15) is 0 Å². The molecule has 0 atom stereocenters. The minimum absolute atomic E-state index is 1.17. The summed E-state index contributed by atoms with van der Waals surface area (Å²) in [4.78, 5) is 4.98. The molecule has 2 nitrogen and oxygen atoms in total. The first-order valence-electron chi connectivity index (χ1n) is 15.4. The maximum atomic E-state index is 2.46. The van der Waals surface area contributed by atoms with Crippen LogP contribution in [0.2, 0.25) is 0 Å². The number of para-hydroxylation sites is 3. The zero-order valence-electron chi connectivity index (χ0n) is 24.3. The van der Waals surface area contributed by atoms with E-state index in [1.165, 1.54) is 86.7 Å². The number of nitrogens with zero attached hydrogens (tertiary/aromatic N) is 2. The molecule has 0 amide bonds. The van der Waals surface area contributed by atoms with Gasteiger partial charge in [0.2, 0.25) is 0 Å². The Morgan fingerprint density at radius 3 is 1.73 bits per heavy atom. The summed E-state index contributed by atoms with van der Waals surface area (Å²) in [5, 5.41) is 10.3. The van der Waals surface area contributed by atoms with Crippen molar-refractivity contribution in [1.82, 2.24) is 4.57 Å². The van der Waals surface area contributed by atoms with Crippen LogP contribution in [-0.2, 0) is 0 Å². The van der Waals surface area contributed by atoms with Crippen LogP contribution < -0.4 is 4.90 Å². The van der Waals surface area contributed by atoms with Crippen molar-refractivity contribution in [2.45, 2.75) is 9.79 Å². The standard InChI is InChI=1S/C42H26N2S/c1-2-12-27(13-3-1)43-37-20-10-11-21-40(37)45-42-39(43)25-24-38-41(42)34-18-8-9-19-36(34)44(38)28-22-23-33-31-16-5-4-14-29(31)30-15-6-7-17-32(30)35(33)26-28/h1-26H. The SMILES string of the molecule is c1ccc(N2c3ccccc3Sc3c2ccc2c3c3ccccc3n2-c2ccc3c4ccccc4c4ccccc4c3c2)cc1. The van der Waals surface area contributed by atoms with E-state index in [0.717, 1.165) is 0 Å². The van der Waals surface area contributed by atoms with Crippen molar-refractivity contribution in [2.75, 3.05) is 4.90 Å². The van der Waals surface area contributed by atoms with Gasteiger partial charge in [-0.2, -0.15) is 0 Å². The summed E-state index contributed by atoms with van der Waals surface area (Å²) in [6, 6.07) is 57.6. The fourth-order valence-electron chi connectivity index (χ4n) is 7.43. The van der Waals surface area contributed by atoms with Crippen LogP contribution in [0.1, 0.15) is 0 Å². The van der Waals surface area contributed by atoms with E-state index < -0.39 is 0 Å². The Labute approximate surface area is 264 Å². The predicted molar refractivity (Wildman–Crippen MR) is 192 cm³/mol. The highest BCUT2D eigenvalue weighted by atomic mass is 32.2. The molecule has 0 aliphatic carbocycles. The van der Waals surface area contributed by atoms with Gasteiger partial charge in [-0.05, 0) is 86.9 Å². The van der Waals surface area contributed by atoms with Gasteiger partial charge in [-0.3, -0.25) is 0 Å². The molecule has 210 valence electrons. The summed E-state index contributed by atoms with van der Waals surface area (Å²) in [7, 11) is 0. The topological polar surface area (TPSA) is 8.17 Å². The van der Waals surface area contributed by atoms with E-state index in [1.54, 1.807) is 0 Å². The Bertz CT molecular complexity index is 2600. The first kappa shape index (κ1) is 24.9. The van der Waals surface area contributed by atoms with Crippen LogP contribution in [0.3, 0.4) is 0 Å². The Kier molecular flexibility index (Phi) is 5.25. The zero-order chi connectivity index (χ0) is 29.5. The largest absolute Gasteiger partial charge is 0.309 e. The number of hydrogen-bond donors (Lipinski definition) is 0. The molecule has 0 saturated carbocycles. The second-order valence-electron chi connectivity index (χ2n) is 11.7. The Balaban J connectivity index is 1.28. The Hall–Kier alpha value is -5.51. The molecule has 1 aliphatic rings. The van der Waals surface area contributed by atoms with Gasteiger partial charge in [0.05, 0.1) is 22.4 Å². The molecule has 0 spiro atoms. The van der Waals surface area contributed by atoms with Crippen LogP contribution in [-0.4, -0.2) is 4.57 Å². The van der Waals surface area contributed by atoms with Gasteiger partial charge >= 0.3 is 0 Å². The maximum absolute atomic E-state index is 2.46. The summed E-state index contributed by atoms with van der Waals surface area (Å²) in [6.07, 6.45) is 0. The fourth-order valence-corrected chi connectivity index (χ4v) is 8.64. The quantitative estimate of drug-likeness (QED) is 0.185. The van der Waals surface area contributed by atoms with Crippen LogP contribution in [0.5, 0.6) is 0 Å². The third-order valence-corrected chi connectivity index (χ3v) is 10.5. The van der Waals surface area contributed by atoms with E-state index in [2.05, 4.69) is 167 Å². The first-order chi connectivity index (χ1) is 22.3. The summed E-state index contributed by atoms with van der Waals surface area (Å²) >= 11 is 1.88. The monoisotopic (exact) mass is 590 g/mol. The van der Waals surface area contributed by atoms with Crippen molar-refractivity contribution in [3.63, 3.8) is 0 Å². The lowest BCUT2D eigenvalue weighted by Gasteiger charge is -2.33. The molecule has 1 aromatic heterocycles. The van der Waals surface area contributed by atoms with Crippen molar-refractivity contribution in [2.24, 2.45) is 0 Å². The zero-order valence-corrected chi connectivity index (χ0v) is 25.1. The molecule has 8 aromatic carbocycles. The molecule has 0 unspecified atom stereocenters. The average Bonchev–Trinajstić information content (AvgIpc) is 3.46. The second kappa shape index (κ2) is 9.49. The predicted octanol–water partition coefficient (Wildman–Crippen LogP) is 12.2. The van der Waals surface area contributed by atoms with E-state index in [1.807, 2.05) is 11.8 Å². The Morgan fingerprint density at radius 2 is 0.978 bits per heavy atom. The molecule has 45 heavy (non-hydrogen) atoms. The number of aromatic nitrogens is 1. The van der Waals surface area contributed by atoms with Crippen molar-refractivity contribution >= 4 is 82.9 Å². The summed E-state index contributed by atoms with van der Waals surface area (Å²) in [5.41, 5.74) is 7.22. The van der Waals surface area contributed by atoms with Gasteiger partial charge in [-0.25, -0.2) is 0 Å². The molecule has 9 aromatic rings. The molecular weight excluding hydrogens is 565 g/mol. The highest BCUT2D eigenvalue weighted by Crippen LogP contribution is 2.55. The molecule has 0 fully saturated rings. The van der Waals surface area contributed by atoms with Crippen LogP contribution in [0, 0.1) is 0 Å². The van der Waals surface area contributed by atoms with Gasteiger partial charge in [-0.15, -0.1) is 0 Å². The minimum Gasteiger partial charge on any atom is -0.309 e. The molecule has 0 radical (unpaired) electrons. The summed E-state index contributed by atoms with van der Waals surface area (Å²) < 4.78 is 2.46. The van der Waals surface area contributed by atoms with Crippen molar-refractivity contribution in [3.8, 4) is 5.69 Å². The summed E-state index contributed by atoms with van der Waals surface area (Å²) in [6.45, 7) is 0. The van der Waals surface area contributed by atoms with Gasteiger partial charge in [0, 0.05) is 31.9 Å². The maximum Gasteiger partial charge on any atom is 0.0609 e. The second-order valence-corrected chi connectivity index (χ2v) is 12.8. The van der Waals surface area contributed by atoms with Gasteiger partial charge in [0.15, 0.2) is 0 Å².